The molecule has 7 heteroatoms. The van der Waals surface area contributed by atoms with E-state index >= 15 is 0 Å². The Bertz CT molecular complexity index is 640. The molecule has 0 saturated carbocycles. The molecule has 2 heterocycles. The van der Waals surface area contributed by atoms with Gasteiger partial charge in [-0.1, -0.05) is 17.7 Å². The van der Waals surface area contributed by atoms with Crippen molar-refractivity contribution in [1.82, 2.24) is 14.8 Å². The second kappa shape index (κ2) is 4.55. The molecule has 3 rings (SSSR count). The first-order valence-corrected chi connectivity index (χ1v) is 6.09. The van der Waals surface area contributed by atoms with Gasteiger partial charge in [0.15, 0.2) is 0 Å². The summed E-state index contributed by atoms with van der Waals surface area (Å²) in [5, 5.41) is 7.31. The molecule has 0 unspecified atom stereocenters. The number of methoxy groups -OCH3 is 1. The summed E-state index contributed by atoms with van der Waals surface area (Å²) >= 11 is 6.12. The van der Waals surface area contributed by atoms with Gasteiger partial charge in [0.25, 0.3) is 0 Å². The van der Waals surface area contributed by atoms with Gasteiger partial charge in [-0.2, -0.15) is 10.1 Å². The lowest BCUT2D eigenvalue weighted by Crippen LogP contribution is -2.29. The molecule has 1 aromatic heterocycles. The van der Waals surface area contributed by atoms with Crippen LogP contribution in [0.1, 0.15) is 18.0 Å². The standard InChI is InChI=1S/C12H11ClN4O2/c1-19-10-3-2-7(4-8(10)13)9-5-11(18)16-12-14-6-15-17(9)12/h2-4,6,9H,5H2,1H3,(H,14,15,16,18)/t9-/m0/s1. The van der Waals surface area contributed by atoms with Crippen LogP contribution in [0.4, 0.5) is 5.95 Å². The highest BCUT2D eigenvalue weighted by atomic mass is 35.5. The molecule has 0 radical (unpaired) electrons. The highest BCUT2D eigenvalue weighted by Crippen LogP contribution is 2.33. The van der Waals surface area contributed by atoms with Crippen LogP contribution in [0.2, 0.25) is 5.02 Å². The van der Waals surface area contributed by atoms with Gasteiger partial charge in [0.1, 0.15) is 12.1 Å². The molecular formula is C12H11ClN4O2. The molecule has 0 aliphatic carbocycles. The van der Waals surface area contributed by atoms with Crippen LogP contribution in [0.5, 0.6) is 5.75 Å². The predicted molar refractivity (Wildman–Crippen MR) is 69.4 cm³/mol. The van der Waals surface area contributed by atoms with E-state index in [0.29, 0.717) is 23.1 Å². The van der Waals surface area contributed by atoms with Gasteiger partial charge in [0.2, 0.25) is 11.9 Å². The second-order valence-corrected chi connectivity index (χ2v) is 4.60. The maximum atomic E-state index is 11.7. The lowest BCUT2D eigenvalue weighted by atomic mass is 10.0. The number of hydrogen-bond donors (Lipinski definition) is 1. The summed E-state index contributed by atoms with van der Waals surface area (Å²) < 4.78 is 6.80. The summed E-state index contributed by atoms with van der Waals surface area (Å²) in [7, 11) is 1.56. The van der Waals surface area contributed by atoms with Gasteiger partial charge in [0.05, 0.1) is 24.6 Å². The molecule has 1 aliphatic rings. The molecule has 6 nitrogen and oxygen atoms in total. The Morgan fingerprint density at radius 2 is 2.37 bits per heavy atom. The minimum atomic E-state index is -0.199. The van der Waals surface area contributed by atoms with Gasteiger partial charge in [-0.3, -0.25) is 10.1 Å². The van der Waals surface area contributed by atoms with E-state index < -0.39 is 0 Å². The zero-order valence-electron chi connectivity index (χ0n) is 10.1. The summed E-state index contributed by atoms with van der Waals surface area (Å²) in [6.45, 7) is 0. The van der Waals surface area contributed by atoms with Gasteiger partial charge in [-0.05, 0) is 17.7 Å². The van der Waals surface area contributed by atoms with E-state index in [4.69, 9.17) is 16.3 Å². The van der Waals surface area contributed by atoms with Crippen molar-refractivity contribution in [3.05, 3.63) is 35.1 Å². The number of benzene rings is 1. The Balaban J connectivity index is 2.03. The number of nitrogens with one attached hydrogen (secondary N) is 1. The van der Waals surface area contributed by atoms with Crippen molar-refractivity contribution in [3.8, 4) is 5.75 Å². The molecule has 0 spiro atoms. The highest BCUT2D eigenvalue weighted by Gasteiger charge is 2.27. The normalized spacial score (nSPS) is 17.8. The number of hydrogen-bond acceptors (Lipinski definition) is 4. The molecule has 1 N–H and O–H groups in total. The summed E-state index contributed by atoms with van der Waals surface area (Å²) in [6, 6.07) is 5.24. The van der Waals surface area contributed by atoms with Gasteiger partial charge in [0, 0.05) is 0 Å². The van der Waals surface area contributed by atoms with Crippen molar-refractivity contribution >= 4 is 23.5 Å². The summed E-state index contributed by atoms with van der Waals surface area (Å²) in [5.74, 6) is 0.968. The minimum absolute atomic E-state index is 0.0857. The first-order chi connectivity index (χ1) is 9.19. The van der Waals surface area contributed by atoms with E-state index in [9.17, 15) is 4.79 Å². The maximum Gasteiger partial charge on any atom is 0.229 e. The molecule has 1 atom stereocenters. The zero-order chi connectivity index (χ0) is 13.4. The number of halogens is 1. The molecule has 0 bridgehead atoms. The van der Waals surface area contributed by atoms with Crippen LogP contribution in [0.3, 0.4) is 0 Å². The molecule has 1 aromatic carbocycles. The van der Waals surface area contributed by atoms with E-state index in [1.54, 1.807) is 23.9 Å². The van der Waals surface area contributed by atoms with Crippen molar-refractivity contribution in [1.29, 1.82) is 0 Å². The van der Waals surface area contributed by atoms with E-state index in [1.807, 2.05) is 6.07 Å². The van der Waals surface area contributed by atoms with E-state index in [2.05, 4.69) is 15.4 Å². The van der Waals surface area contributed by atoms with Crippen LogP contribution in [0, 0.1) is 0 Å². The smallest absolute Gasteiger partial charge is 0.229 e. The number of anilines is 1. The molecule has 19 heavy (non-hydrogen) atoms. The molecule has 2 aromatic rings. The van der Waals surface area contributed by atoms with E-state index in [1.165, 1.54) is 6.33 Å². The number of aromatic nitrogens is 3. The van der Waals surface area contributed by atoms with E-state index in [0.717, 1.165) is 5.56 Å². The fourth-order valence-electron chi connectivity index (χ4n) is 2.15. The number of nitrogens with zero attached hydrogens (tertiary/aromatic N) is 3. The molecule has 0 fully saturated rings. The Hall–Kier alpha value is -2.08. The fourth-order valence-corrected chi connectivity index (χ4v) is 2.42. The first kappa shape index (κ1) is 12.0. The quantitative estimate of drug-likeness (QED) is 0.910. The van der Waals surface area contributed by atoms with Crippen LogP contribution < -0.4 is 10.1 Å². The minimum Gasteiger partial charge on any atom is -0.495 e. The molecule has 98 valence electrons. The lowest BCUT2D eigenvalue weighted by molar-refractivity contribution is -0.117. The van der Waals surface area contributed by atoms with Crippen LogP contribution in [-0.2, 0) is 4.79 Å². The highest BCUT2D eigenvalue weighted by molar-refractivity contribution is 6.32. The fraction of sp³-hybridized carbons (Fsp3) is 0.250. The van der Waals surface area contributed by atoms with Crippen molar-refractivity contribution in [3.63, 3.8) is 0 Å². The largest absolute Gasteiger partial charge is 0.495 e. The second-order valence-electron chi connectivity index (χ2n) is 4.19. The summed E-state index contributed by atoms with van der Waals surface area (Å²) in [6.07, 6.45) is 1.72. The monoisotopic (exact) mass is 278 g/mol. The van der Waals surface area contributed by atoms with E-state index in [-0.39, 0.29) is 11.9 Å². The number of fused-ring (bicyclic) bond motifs is 1. The third-order valence-electron chi connectivity index (χ3n) is 3.06. The van der Waals surface area contributed by atoms with Crippen LogP contribution in [-0.4, -0.2) is 27.8 Å². The number of carbonyl (C=O) groups is 1. The van der Waals surface area contributed by atoms with Gasteiger partial charge in [-0.15, -0.1) is 0 Å². The molecular weight excluding hydrogens is 268 g/mol. The molecule has 1 amide bonds. The SMILES string of the molecule is COc1ccc([C@@H]2CC(=O)Nc3ncnn32)cc1Cl. The van der Waals surface area contributed by atoms with Gasteiger partial charge >= 0.3 is 0 Å². The molecule has 1 aliphatic heterocycles. The zero-order valence-corrected chi connectivity index (χ0v) is 10.9. The maximum absolute atomic E-state index is 11.7. The van der Waals surface area contributed by atoms with Crippen LogP contribution >= 0.6 is 11.6 Å². The Labute approximate surface area is 114 Å². The van der Waals surface area contributed by atoms with Crippen LogP contribution in [0.15, 0.2) is 24.5 Å². The van der Waals surface area contributed by atoms with Crippen LogP contribution in [0.25, 0.3) is 0 Å². The average Bonchev–Trinajstić information content (AvgIpc) is 2.85. The number of ether oxygens (including phenoxy) is 1. The van der Waals surface area contributed by atoms with Crippen molar-refractivity contribution in [2.75, 3.05) is 12.4 Å². The Morgan fingerprint density at radius 3 is 3.11 bits per heavy atom. The predicted octanol–water partition coefficient (Wildman–Crippen LogP) is 1.87. The number of carbonyl (C=O) groups excluding carboxylic acids is 1. The summed E-state index contributed by atoms with van der Waals surface area (Å²) in [4.78, 5) is 15.7. The van der Waals surface area contributed by atoms with Gasteiger partial charge < -0.3 is 4.74 Å². The number of amides is 1. The lowest BCUT2D eigenvalue weighted by Gasteiger charge is -2.24. The first-order valence-electron chi connectivity index (χ1n) is 5.72. The molecule has 0 saturated heterocycles. The third-order valence-corrected chi connectivity index (χ3v) is 3.35. The van der Waals surface area contributed by atoms with Crippen molar-refractivity contribution in [2.24, 2.45) is 0 Å². The topological polar surface area (TPSA) is 69.0 Å². The Kier molecular flexibility index (Phi) is 2.87. The summed E-state index contributed by atoms with van der Waals surface area (Å²) in [5.41, 5.74) is 0.896. The van der Waals surface area contributed by atoms with Crippen molar-refractivity contribution < 1.29 is 9.53 Å². The average molecular weight is 279 g/mol. The third kappa shape index (κ3) is 2.04. The van der Waals surface area contributed by atoms with Gasteiger partial charge in [-0.25, -0.2) is 4.68 Å². The number of rotatable bonds is 2. The Morgan fingerprint density at radius 1 is 1.53 bits per heavy atom. The van der Waals surface area contributed by atoms with Crippen molar-refractivity contribution in [2.45, 2.75) is 12.5 Å².